The Balaban J connectivity index is 2.38. The van der Waals surface area contributed by atoms with E-state index in [4.69, 9.17) is 10.5 Å². The highest BCUT2D eigenvalue weighted by Crippen LogP contribution is 2.11. The van der Waals surface area contributed by atoms with Crippen molar-refractivity contribution in [2.24, 2.45) is 5.73 Å². The third kappa shape index (κ3) is 3.27. The maximum absolute atomic E-state index is 11.7. The lowest BCUT2D eigenvalue weighted by atomic mass is 10.2. The number of nitrogens with two attached hydrogens (primary N) is 1. The van der Waals surface area contributed by atoms with Gasteiger partial charge in [0.25, 0.3) is 0 Å². The van der Waals surface area contributed by atoms with Gasteiger partial charge >= 0.3 is 0 Å². The number of morpholine rings is 1. The van der Waals surface area contributed by atoms with Crippen LogP contribution in [-0.4, -0.2) is 42.6 Å². The van der Waals surface area contributed by atoms with Crippen LogP contribution in [0.5, 0.6) is 0 Å². The molecule has 1 aliphatic heterocycles. The molecule has 1 aliphatic rings. The highest BCUT2D eigenvalue weighted by atomic mass is 16.5. The second kappa shape index (κ2) is 5.32. The molecule has 1 fully saturated rings. The fraction of sp³-hybridized carbons (Fsp3) is 0.900. The number of hydrogen-bond acceptors (Lipinski definition) is 3. The van der Waals surface area contributed by atoms with Gasteiger partial charge in [0.1, 0.15) is 0 Å². The Kier molecular flexibility index (Phi) is 4.35. The van der Waals surface area contributed by atoms with Gasteiger partial charge in [-0.3, -0.25) is 4.79 Å². The lowest BCUT2D eigenvalue weighted by Gasteiger charge is -2.35. The van der Waals surface area contributed by atoms with Crippen molar-refractivity contribution in [2.45, 2.75) is 38.9 Å². The van der Waals surface area contributed by atoms with Gasteiger partial charge < -0.3 is 15.4 Å². The minimum absolute atomic E-state index is 0.153. The van der Waals surface area contributed by atoms with Crippen LogP contribution in [0.1, 0.15) is 26.7 Å². The van der Waals surface area contributed by atoms with Crippen LogP contribution in [-0.2, 0) is 9.53 Å². The third-order valence-corrected chi connectivity index (χ3v) is 2.37. The molecule has 0 saturated carbocycles. The zero-order valence-electron chi connectivity index (χ0n) is 9.03. The Bertz CT molecular complexity index is 187. The smallest absolute Gasteiger partial charge is 0.222 e. The fourth-order valence-corrected chi connectivity index (χ4v) is 1.79. The van der Waals surface area contributed by atoms with Crippen molar-refractivity contribution in [3.8, 4) is 0 Å². The number of amides is 1. The van der Waals surface area contributed by atoms with Gasteiger partial charge in [-0.1, -0.05) is 0 Å². The predicted molar refractivity (Wildman–Crippen MR) is 54.9 cm³/mol. The summed E-state index contributed by atoms with van der Waals surface area (Å²) < 4.78 is 5.55. The van der Waals surface area contributed by atoms with Crippen LogP contribution in [0, 0.1) is 0 Å². The molecule has 0 aromatic carbocycles. The van der Waals surface area contributed by atoms with Gasteiger partial charge in [-0.25, -0.2) is 0 Å². The molecule has 4 heteroatoms. The molecule has 1 saturated heterocycles. The second-order valence-electron chi connectivity index (χ2n) is 3.95. The van der Waals surface area contributed by atoms with Crippen molar-refractivity contribution in [3.63, 3.8) is 0 Å². The number of hydrogen-bond donors (Lipinski definition) is 1. The monoisotopic (exact) mass is 200 g/mol. The summed E-state index contributed by atoms with van der Waals surface area (Å²) in [5, 5.41) is 0. The maximum Gasteiger partial charge on any atom is 0.222 e. The van der Waals surface area contributed by atoms with Gasteiger partial charge in [0.05, 0.1) is 12.2 Å². The summed E-state index contributed by atoms with van der Waals surface area (Å²) in [7, 11) is 0. The number of nitrogens with zero attached hydrogens (tertiary/aromatic N) is 1. The highest BCUT2D eigenvalue weighted by Gasteiger charge is 2.24. The predicted octanol–water partition coefficient (Wildman–Crippen LogP) is 0.361. The van der Waals surface area contributed by atoms with E-state index in [1.54, 1.807) is 0 Å². The average Bonchev–Trinajstić information content (AvgIpc) is 2.12. The molecule has 0 aliphatic carbocycles. The number of carbonyl (C=O) groups is 1. The molecule has 0 aromatic rings. The van der Waals surface area contributed by atoms with E-state index < -0.39 is 0 Å². The molecule has 82 valence electrons. The van der Waals surface area contributed by atoms with Crippen LogP contribution in [0.25, 0.3) is 0 Å². The maximum atomic E-state index is 11.7. The van der Waals surface area contributed by atoms with Crippen LogP contribution in [0.4, 0.5) is 0 Å². The number of rotatable bonds is 3. The van der Waals surface area contributed by atoms with Gasteiger partial charge in [0.2, 0.25) is 5.91 Å². The Morgan fingerprint density at radius 3 is 2.50 bits per heavy atom. The largest absolute Gasteiger partial charge is 0.372 e. The molecule has 2 N–H and O–H groups in total. The molecule has 1 heterocycles. The number of carbonyl (C=O) groups excluding carboxylic acids is 1. The molecule has 4 nitrogen and oxygen atoms in total. The van der Waals surface area contributed by atoms with Crippen LogP contribution in [0.3, 0.4) is 0 Å². The van der Waals surface area contributed by atoms with E-state index in [1.165, 1.54) is 0 Å². The summed E-state index contributed by atoms with van der Waals surface area (Å²) >= 11 is 0. The first-order valence-electron chi connectivity index (χ1n) is 5.26. The van der Waals surface area contributed by atoms with E-state index in [1.807, 2.05) is 18.7 Å². The summed E-state index contributed by atoms with van der Waals surface area (Å²) in [4.78, 5) is 13.5. The first kappa shape index (κ1) is 11.5. The summed E-state index contributed by atoms with van der Waals surface area (Å²) in [6.45, 7) is 6.01. The first-order valence-corrected chi connectivity index (χ1v) is 5.26. The van der Waals surface area contributed by atoms with Crippen LogP contribution >= 0.6 is 0 Å². The van der Waals surface area contributed by atoms with E-state index in [0.717, 1.165) is 6.42 Å². The number of ether oxygens (including phenoxy) is 1. The average molecular weight is 200 g/mol. The van der Waals surface area contributed by atoms with E-state index in [2.05, 4.69) is 0 Å². The van der Waals surface area contributed by atoms with Crippen molar-refractivity contribution in [2.75, 3.05) is 19.6 Å². The molecular formula is C10H20N2O2. The van der Waals surface area contributed by atoms with Crippen LogP contribution < -0.4 is 5.73 Å². The van der Waals surface area contributed by atoms with Crippen molar-refractivity contribution < 1.29 is 9.53 Å². The summed E-state index contributed by atoms with van der Waals surface area (Å²) in [6.07, 6.45) is 1.65. The molecule has 1 rings (SSSR count). The van der Waals surface area contributed by atoms with Crippen molar-refractivity contribution in [1.82, 2.24) is 4.90 Å². The third-order valence-electron chi connectivity index (χ3n) is 2.37. The van der Waals surface area contributed by atoms with Crippen molar-refractivity contribution in [1.29, 1.82) is 0 Å². The zero-order valence-corrected chi connectivity index (χ0v) is 9.03. The second-order valence-corrected chi connectivity index (χ2v) is 3.95. The topological polar surface area (TPSA) is 55.6 Å². The highest BCUT2D eigenvalue weighted by molar-refractivity contribution is 5.76. The van der Waals surface area contributed by atoms with Gasteiger partial charge in [-0.05, 0) is 26.8 Å². The van der Waals surface area contributed by atoms with Gasteiger partial charge in [-0.2, -0.15) is 0 Å². The van der Waals surface area contributed by atoms with Crippen molar-refractivity contribution >= 4 is 5.91 Å². The van der Waals surface area contributed by atoms with Crippen molar-refractivity contribution in [3.05, 3.63) is 0 Å². The molecule has 2 atom stereocenters. The van der Waals surface area contributed by atoms with E-state index in [-0.39, 0.29) is 18.1 Å². The molecule has 14 heavy (non-hydrogen) atoms. The Labute approximate surface area is 85.4 Å². The Hall–Kier alpha value is -0.610. The summed E-state index contributed by atoms with van der Waals surface area (Å²) in [5.74, 6) is 0.206. The summed E-state index contributed by atoms with van der Waals surface area (Å²) in [5.41, 5.74) is 5.37. The van der Waals surface area contributed by atoms with Crippen LogP contribution in [0.15, 0.2) is 0 Å². The Morgan fingerprint density at radius 1 is 1.43 bits per heavy atom. The molecule has 0 aromatic heterocycles. The molecule has 0 unspecified atom stereocenters. The molecular weight excluding hydrogens is 180 g/mol. The molecule has 0 spiro atoms. The normalized spacial score (nSPS) is 27.8. The first-order chi connectivity index (χ1) is 6.63. The lowest BCUT2D eigenvalue weighted by Crippen LogP contribution is -2.48. The standard InChI is InChI=1S/C10H20N2O2/c1-8-6-12(7-9(2)14-8)10(13)4-3-5-11/h8-9H,3-7,11H2,1-2H3/t8-,9+. The fourth-order valence-electron chi connectivity index (χ4n) is 1.79. The van der Waals surface area contributed by atoms with Gasteiger partial charge in [0, 0.05) is 19.5 Å². The molecule has 0 bridgehead atoms. The molecule has 1 amide bonds. The minimum Gasteiger partial charge on any atom is -0.372 e. The van der Waals surface area contributed by atoms with E-state index >= 15 is 0 Å². The lowest BCUT2D eigenvalue weighted by molar-refractivity contribution is -0.143. The summed E-state index contributed by atoms with van der Waals surface area (Å²) in [6, 6.07) is 0. The SMILES string of the molecule is C[C@@H]1CN(C(=O)CCCN)C[C@H](C)O1. The quantitative estimate of drug-likeness (QED) is 0.715. The minimum atomic E-state index is 0.153. The van der Waals surface area contributed by atoms with Gasteiger partial charge in [-0.15, -0.1) is 0 Å². The zero-order chi connectivity index (χ0) is 10.6. The van der Waals surface area contributed by atoms with Gasteiger partial charge in [0.15, 0.2) is 0 Å². The van der Waals surface area contributed by atoms with Crippen LogP contribution in [0.2, 0.25) is 0 Å². The van der Waals surface area contributed by atoms with E-state index in [0.29, 0.717) is 26.1 Å². The van der Waals surface area contributed by atoms with E-state index in [9.17, 15) is 4.79 Å². The molecule has 0 radical (unpaired) electrons. The Morgan fingerprint density at radius 2 is 2.00 bits per heavy atom.